The molecule has 2 atom stereocenters. The van der Waals surface area contributed by atoms with Crippen molar-refractivity contribution in [3.05, 3.63) is 0 Å². The molecule has 1 heteroatoms. The van der Waals surface area contributed by atoms with Gasteiger partial charge >= 0.3 is 0 Å². The molecule has 0 radical (unpaired) electrons. The SMILES string of the molecule is CC(C)(C)C1CCC2CCCN2C1. The van der Waals surface area contributed by atoms with Crippen LogP contribution in [0.25, 0.3) is 0 Å². The quantitative estimate of drug-likeness (QED) is 0.555. The molecular formula is C12H23N. The molecule has 2 unspecified atom stereocenters. The van der Waals surface area contributed by atoms with Crippen molar-refractivity contribution in [2.45, 2.75) is 52.5 Å². The Morgan fingerprint density at radius 1 is 1.08 bits per heavy atom. The van der Waals surface area contributed by atoms with Crippen LogP contribution in [0, 0.1) is 11.3 Å². The summed E-state index contributed by atoms with van der Waals surface area (Å²) in [5.41, 5.74) is 0.521. The highest BCUT2D eigenvalue weighted by atomic mass is 15.2. The molecule has 0 aromatic heterocycles. The molecule has 2 fully saturated rings. The normalized spacial score (nSPS) is 36.2. The Balaban J connectivity index is 1.97. The van der Waals surface area contributed by atoms with Crippen LogP contribution in [0.15, 0.2) is 0 Å². The maximum Gasteiger partial charge on any atom is 0.00959 e. The molecule has 0 bridgehead atoms. The van der Waals surface area contributed by atoms with E-state index in [0.29, 0.717) is 5.41 Å². The van der Waals surface area contributed by atoms with Crippen molar-refractivity contribution in [2.24, 2.45) is 11.3 Å². The van der Waals surface area contributed by atoms with Crippen molar-refractivity contribution < 1.29 is 0 Å². The van der Waals surface area contributed by atoms with Crippen molar-refractivity contribution in [3.8, 4) is 0 Å². The summed E-state index contributed by atoms with van der Waals surface area (Å²) in [4.78, 5) is 2.74. The zero-order valence-electron chi connectivity index (χ0n) is 9.34. The Bertz CT molecular complexity index is 180. The van der Waals surface area contributed by atoms with Crippen LogP contribution in [-0.4, -0.2) is 24.0 Å². The van der Waals surface area contributed by atoms with Crippen molar-refractivity contribution in [2.75, 3.05) is 13.1 Å². The van der Waals surface area contributed by atoms with Crippen LogP contribution < -0.4 is 0 Å². The van der Waals surface area contributed by atoms with E-state index in [0.717, 1.165) is 12.0 Å². The maximum atomic E-state index is 2.74. The lowest BCUT2D eigenvalue weighted by molar-refractivity contribution is 0.0810. The number of hydrogen-bond donors (Lipinski definition) is 0. The summed E-state index contributed by atoms with van der Waals surface area (Å²) in [5, 5.41) is 0. The Labute approximate surface area is 82.5 Å². The first kappa shape index (κ1) is 9.51. The van der Waals surface area contributed by atoms with Gasteiger partial charge in [0, 0.05) is 12.6 Å². The van der Waals surface area contributed by atoms with Gasteiger partial charge in [0.2, 0.25) is 0 Å². The summed E-state index contributed by atoms with van der Waals surface area (Å²) in [6.45, 7) is 9.93. The molecule has 2 aliphatic heterocycles. The monoisotopic (exact) mass is 181 g/mol. The summed E-state index contributed by atoms with van der Waals surface area (Å²) in [6, 6.07) is 0.957. The van der Waals surface area contributed by atoms with E-state index in [1.165, 1.54) is 38.8 Å². The lowest BCUT2D eigenvalue weighted by Gasteiger charge is -2.41. The highest BCUT2D eigenvalue weighted by molar-refractivity contribution is 4.89. The van der Waals surface area contributed by atoms with Crippen molar-refractivity contribution in [1.29, 1.82) is 0 Å². The molecule has 2 aliphatic rings. The minimum atomic E-state index is 0.521. The van der Waals surface area contributed by atoms with E-state index in [1.807, 2.05) is 0 Å². The molecular weight excluding hydrogens is 158 g/mol. The van der Waals surface area contributed by atoms with Crippen LogP contribution in [0.4, 0.5) is 0 Å². The van der Waals surface area contributed by atoms with Gasteiger partial charge in [-0.1, -0.05) is 20.8 Å². The predicted octanol–water partition coefficient (Wildman–Crippen LogP) is 2.91. The molecule has 0 amide bonds. The van der Waals surface area contributed by atoms with Gasteiger partial charge in [-0.2, -0.15) is 0 Å². The number of rotatable bonds is 0. The second-order valence-corrected chi connectivity index (χ2v) is 5.93. The third-order valence-electron chi connectivity index (χ3n) is 4.03. The molecule has 0 aromatic carbocycles. The fraction of sp³-hybridized carbons (Fsp3) is 1.00. The number of nitrogens with zero attached hydrogens (tertiary/aromatic N) is 1. The third-order valence-corrected chi connectivity index (χ3v) is 4.03. The Morgan fingerprint density at radius 2 is 1.85 bits per heavy atom. The minimum Gasteiger partial charge on any atom is -0.300 e. The van der Waals surface area contributed by atoms with Gasteiger partial charge in [0.15, 0.2) is 0 Å². The number of fused-ring (bicyclic) bond motifs is 1. The standard InChI is InChI=1S/C12H23N/c1-12(2,3)10-6-7-11-5-4-8-13(11)9-10/h10-11H,4-9H2,1-3H3. The highest BCUT2D eigenvalue weighted by Gasteiger charge is 2.35. The first-order chi connectivity index (χ1) is 6.07. The van der Waals surface area contributed by atoms with Crippen LogP contribution in [0.5, 0.6) is 0 Å². The van der Waals surface area contributed by atoms with E-state index in [-0.39, 0.29) is 0 Å². The first-order valence-corrected chi connectivity index (χ1v) is 5.81. The van der Waals surface area contributed by atoms with Gasteiger partial charge in [0.05, 0.1) is 0 Å². The number of piperidine rings is 1. The Morgan fingerprint density at radius 3 is 2.54 bits per heavy atom. The molecule has 0 aliphatic carbocycles. The lowest BCUT2D eigenvalue weighted by atomic mass is 9.75. The summed E-state index contributed by atoms with van der Waals surface area (Å²) in [6.07, 6.45) is 5.84. The van der Waals surface area contributed by atoms with Crippen LogP contribution >= 0.6 is 0 Å². The van der Waals surface area contributed by atoms with Crippen LogP contribution in [0.2, 0.25) is 0 Å². The fourth-order valence-corrected chi connectivity index (χ4v) is 2.94. The van der Waals surface area contributed by atoms with E-state index >= 15 is 0 Å². The Hall–Kier alpha value is -0.0400. The largest absolute Gasteiger partial charge is 0.300 e. The van der Waals surface area contributed by atoms with Crippen LogP contribution in [0.1, 0.15) is 46.5 Å². The molecule has 2 saturated heterocycles. The van der Waals surface area contributed by atoms with E-state index < -0.39 is 0 Å². The Kier molecular flexibility index (Phi) is 2.39. The van der Waals surface area contributed by atoms with Gasteiger partial charge in [-0.05, 0) is 43.6 Å². The van der Waals surface area contributed by atoms with Crippen molar-refractivity contribution in [3.63, 3.8) is 0 Å². The molecule has 76 valence electrons. The van der Waals surface area contributed by atoms with E-state index in [9.17, 15) is 0 Å². The molecule has 2 heterocycles. The van der Waals surface area contributed by atoms with Gasteiger partial charge < -0.3 is 4.90 Å². The van der Waals surface area contributed by atoms with Gasteiger partial charge in [-0.3, -0.25) is 0 Å². The molecule has 0 spiro atoms. The van der Waals surface area contributed by atoms with E-state index in [1.54, 1.807) is 0 Å². The lowest BCUT2D eigenvalue weighted by Crippen LogP contribution is -2.43. The highest BCUT2D eigenvalue weighted by Crippen LogP contribution is 2.38. The van der Waals surface area contributed by atoms with Gasteiger partial charge in [0.1, 0.15) is 0 Å². The zero-order chi connectivity index (χ0) is 9.47. The van der Waals surface area contributed by atoms with Crippen LogP contribution in [0.3, 0.4) is 0 Å². The number of hydrogen-bond acceptors (Lipinski definition) is 1. The average molecular weight is 181 g/mol. The predicted molar refractivity (Wildman–Crippen MR) is 56.8 cm³/mol. The second kappa shape index (κ2) is 3.27. The maximum absolute atomic E-state index is 2.74. The summed E-state index contributed by atoms with van der Waals surface area (Å²) in [7, 11) is 0. The van der Waals surface area contributed by atoms with E-state index in [4.69, 9.17) is 0 Å². The second-order valence-electron chi connectivity index (χ2n) is 5.93. The molecule has 13 heavy (non-hydrogen) atoms. The van der Waals surface area contributed by atoms with Crippen LogP contribution in [-0.2, 0) is 0 Å². The minimum absolute atomic E-state index is 0.521. The molecule has 0 aromatic rings. The smallest absolute Gasteiger partial charge is 0.00959 e. The van der Waals surface area contributed by atoms with Crippen molar-refractivity contribution >= 4 is 0 Å². The van der Waals surface area contributed by atoms with E-state index in [2.05, 4.69) is 25.7 Å². The average Bonchev–Trinajstić information content (AvgIpc) is 2.47. The molecule has 0 saturated carbocycles. The topological polar surface area (TPSA) is 3.24 Å². The van der Waals surface area contributed by atoms with Gasteiger partial charge in [-0.15, -0.1) is 0 Å². The summed E-state index contributed by atoms with van der Waals surface area (Å²) >= 11 is 0. The fourth-order valence-electron chi connectivity index (χ4n) is 2.94. The summed E-state index contributed by atoms with van der Waals surface area (Å²) in [5.74, 6) is 0.932. The molecule has 0 N–H and O–H groups in total. The molecule has 2 rings (SSSR count). The van der Waals surface area contributed by atoms with Gasteiger partial charge in [-0.25, -0.2) is 0 Å². The summed E-state index contributed by atoms with van der Waals surface area (Å²) < 4.78 is 0. The first-order valence-electron chi connectivity index (χ1n) is 5.81. The third kappa shape index (κ3) is 1.90. The van der Waals surface area contributed by atoms with Crippen molar-refractivity contribution in [1.82, 2.24) is 4.90 Å². The zero-order valence-corrected chi connectivity index (χ0v) is 9.34. The van der Waals surface area contributed by atoms with Gasteiger partial charge in [0.25, 0.3) is 0 Å². The molecule has 1 nitrogen and oxygen atoms in total.